The van der Waals surface area contributed by atoms with Gasteiger partial charge in [0, 0.05) is 50.3 Å². The highest BCUT2D eigenvalue weighted by molar-refractivity contribution is 5.94. The summed E-state index contributed by atoms with van der Waals surface area (Å²) < 4.78 is 68.8. The number of piperidine rings is 1. The number of aromatic nitrogens is 1. The quantitative estimate of drug-likeness (QED) is 0.442. The van der Waals surface area contributed by atoms with Gasteiger partial charge in [-0.25, -0.2) is 4.39 Å². The molecule has 10 heteroatoms. The molecule has 0 radical (unpaired) electrons. The minimum absolute atomic E-state index is 0.0522. The minimum atomic E-state index is -4.67. The fourth-order valence-corrected chi connectivity index (χ4v) is 4.95. The van der Waals surface area contributed by atoms with Crippen molar-refractivity contribution in [2.75, 3.05) is 40.3 Å². The first-order valence-electron chi connectivity index (χ1n) is 12.0. The molecule has 0 aliphatic carbocycles. The number of ether oxygens (including phenoxy) is 2. The normalized spacial score (nSPS) is 16.4. The number of carbonyl (C=O) groups excluding carboxylic acids is 1. The molecule has 0 N–H and O–H groups in total. The van der Waals surface area contributed by atoms with Crippen LogP contribution in [0, 0.1) is 5.82 Å². The van der Waals surface area contributed by atoms with Gasteiger partial charge in [0.05, 0.1) is 16.9 Å². The lowest BCUT2D eigenvalue weighted by molar-refractivity contribution is -0.139. The summed E-state index contributed by atoms with van der Waals surface area (Å²) in [5.41, 5.74) is -0.154. The van der Waals surface area contributed by atoms with E-state index in [1.165, 1.54) is 29.2 Å². The van der Waals surface area contributed by atoms with E-state index in [9.17, 15) is 22.4 Å². The molecule has 196 valence electrons. The van der Waals surface area contributed by atoms with E-state index >= 15 is 0 Å². The molecule has 0 bridgehead atoms. The molecule has 1 spiro atoms. The predicted molar refractivity (Wildman–Crippen MR) is 129 cm³/mol. The van der Waals surface area contributed by atoms with Crippen LogP contribution >= 0.6 is 0 Å². The summed E-state index contributed by atoms with van der Waals surface area (Å²) in [4.78, 5) is 16.6. The molecule has 3 aromatic rings. The van der Waals surface area contributed by atoms with Crippen molar-refractivity contribution in [2.45, 2.75) is 24.6 Å². The van der Waals surface area contributed by atoms with E-state index in [0.29, 0.717) is 25.1 Å². The number of alkyl halides is 3. The van der Waals surface area contributed by atoms with Crippen molar-refractivity contribution in [1.29, 1.82) is 0 Å². The van der Waals surface area contributed by atoms with Crippen molar-refractivity contribution in [2.24, 2.45) is 0 Å². The summed E-state index contributed by atoms with van der Waals surface area (Å²) in [7, 11) is 3.59. The Morgan fingerprint density at radius 2 is 1.86 bits per heavy atom. The van der Waals surface area contributed by atoms with E-state index in [1.54, 1.807) is 25.1 Å². The molecular formula is C27H27F4N3O3. The summed E-state index contributed by atoms with van der Waals surface area (Å²) in [6.45, 7) is 1.09. The average molecular weight is 518 g/mol. The number of carbonyl (C=O) groups is 1. The molecule has 0 saturated carbocycles. The summed E-state index contributed by atoms with van der Waals surface area (Å²) in [6.07, 6.45) is -1.96. The molecule has 0 atom stereocenters. The number of amides is 1. The average Bonchev–Trinajstić information content (AvgIpc) is 3.35. The van der Waals surface area contributed by atoms with Gasteiger partial charge < -0.3 is 23.8 Å². The Morgan fingerprint density at radius 3 is 2.57 bits per heavy atom. The van der Waals surface area contributed by atoms with E-state index < -0.39 is 29.1 Å². The summed E-state index contributed by atoms with van der Waals surface area (Å²) in [6, 6.07) is 11.6. The maximum Gasteiger partial charge on any atom is 0.419 e. The highest BCUT2D eigenvalue weighted by Gasteiger charge is 2.45. The summed E-state index contributed by atoms with van der Waals surface area (Å²) >= 11 is 0. The lowest BCUT2D eigenvalue weighted by Gasteiger charge is -2.45. The number of rotatable bonds is 5. The largest absolute Gasteiger partial charge is 0.492 e. The van der Waals surface area contributed by atoms with Crippen molar-refractivity contribution >= 4 is 5.91 Å². The smallest absolute Gasteiger partial charge is 0.419 e. The molecule has 37 heavy (non-hydrogen) atoms. The second kappa shape index (κ2) is 9.41. The minimum Gasteiger partial charge on any atom is -0.492 e. The van der Waals surface area contributed by atoms with E-state index in [-0.39, 0.29) is 31.0 Å². The fraction of sp³-hybridized carbons (Fsp3) is 0.370. The molecule has 5 rings (SSSR count). The number of nitrogens with zero attached hydrogens (tertiary/aromatic N) is 3. The lowest BCUT2D eigenvalue weighted by atomic mass is 9.86. The van der Waals surface area contributed by atoms with Crippen molar-refractivity contribution in [1.82, 2.24) is 14.4 Å². The van der Waals surface area contributed by atoms with Crippen LogP contribution in [0.15, 0.2) is 54.7 Å². The molecule has 1 amide bonds. The number of benzene rings is 2. The predicted octanol–water partition coefficient (Wildman–Crippen LogP) is 5.10. The third-order valence-electron chi connectivity index (χ3n) is 6.89. The zero-order chi connectivity index (χ0) is 26.4. The first-order valence-corrected chi connectivity index (χ1v) is 12.0. The molecule has 1 fully saturated rings. The van der Waals surface area contributed by atoms with Crippen LogP contribution in [0.1, 0.15) is 34.5 Å². The van der Waals surface area contributed by atoms with Crippen LogP contribution in [-0.2, 0) is 11.8 Å². The number of likely N-dealkylation sites (tertiary alicyclic amines) is 1. The van der Waals surface area contributed by atoms with Crippen molar-refractivity contribution < 1.29 is 31.8 Å². The van der Waals surface area contributed by atoms with E-state index in [0.717, 1.165) is 17.4 Å². The maximum atomic E-state index is 13.9. The van der Waals surface area contributed by atoms with Crippen LogP contribution in [-0.4, -0.2) is 60.6 Å². The van der Waals surface area contributed by atoms with Crippen LogP contribution < -0.4 is 9.47 Å². The molecule has 2 aliphatic heterocycles. The Morgan fingerprint density at radius 1 is 1.11 bits per heavy atom. The highest BCUT2D eigenvalue weighted by atomic mass is 19.4. The van der Waals surface area contributed by atoms with Gasteiger partial charge >= 0.3 is 6.18 Å². The van der Waals surface area contributed by atoms with Crippen LogP contribution in [0.2, 0.25) is 0 Å². The van der Waals surface area contributed by atoms with Gasteiger partial charge in [0.15, 0.2) is 5.60 Å². The van der Waals surface area contributed by atoms with Crippen LogP contribution in [0.25, 0.3) is 5.69 Å². The molecule has 2 aliphatic rings. The molecule has 3 heterocycles. The molecular weight excluding hydrogens is 490 g/mol. The second-order valence-electron chi connectivity index (χ2n) is 9.62. The Bertz CT molecular complexity index is 1310. The number of hydrogen-bond acceptors (Lipinski definition) is 4. The SMILES string of the molecule is CN(C)CCOc1ccc(C(=O)N2CCC3(CC2)Oc2cc(F)ccc2-n2cccc23)cc1C(F)(F)F. The number of fused-ring (bicyclic) bond motifs is 4. The molecule has 2 aromatic carbocycles. The van der Waals surface area contributed by atoms with Crippen molar-refractivity contribution in [3.8, 4) is 17.2 Å². The van der Waals surface area contributed by atoms with Gasteiger partial charge in [-0.15, -0.1) is 0 Å². The molecule has 6 nitrogen and oxygen atoms in total. The van der Waals surface area contributed by atoms with Gasteiger partial charge in [-0.05, 0) is 56.6 Å². The second-order valence-corrected chi connectivity index (χ2v) is 9.62. The lowest BCUT2D eigenvalue weighted by Crippen LogP contribution is -2.50. The van der Waals surface area contributed by atoms with Crippen molar-refractivity contribution in [3.05, 3.63) is 77.4 Å². The first-order chi connectivity index (χ1) is 17.6. The van der Waals surface area contributed by atoms with Crippen LogP contribution in [0.4, 0.5) is 17.6 Å². The molecule has 1 saturated heterocycles. The zero-order valence-electron chi connectivity index (χ0n) is 20.5. The van der Waals surface area contributed by atoms with Crippen molar-refractivity contribution in [3.63, 3.8) is 0 Å². The topological polar surface area (TPSA) is 46.9 Å². The van der Waals surface area contributed by atoms with Gasteiger partial charge in [0.25, 0.3) is 5.91 Å². The Balaban J connectivity index is 1.34. The zero-order valence-corrected chi connectivity index (χ0v) is 20.5. The van der Waals surface area contributed by atoms with Gasteiger partial charge in [-0.3, -0.25) is 4.79 Å². The monoisotopic (exact) mass is 517 g/mol. The van der Waals surface area contributed by atoms with E-state index in [4.69, 9.17) is 9.47 Å². The highest BCUT2D eigenvalue weighted by Crippen LogP contribution is 2.45. The molecule has 0 unspecified atom stereocenters. The van der Waals surface area contributed by atoms with Gasteiger partial charge in [-0.2, -0.15) is 13.2 Å². The molecule has 1 aromatic heterocycles. The third-order valence-corrected chi connectivity index (χ3v) is 6.89. The van der Waals surface area contributed by atoms with Gasteiger partial charge in [-0.1, -0.05) is 0 Å². The van der Waals surface area contributed by atoms with Crippen LogP contribution in [0.5, 0.6) is 11.5 Å². The number of likely N-dealkylation sites (N-methyl/N-ethyl adjacent to an activating group) is 1. The Kier molecular flexibility index (Phi) is 6.39. The van der Waals surface area contributed by atoms with Crippen LogP contribution in [0.3, 0.4) is 0 Å². The summed E-state index contributed by atoms with van der Waals surface area (Å²) in [5.74, 6) is -0.779. The van der Waals surface area contributed by atoms with Gasteiger partial charge in [0.2, 0.25) is 0 Å². The Hall–Kier alpha value is -3.53. The number of halogens is 4. The Labute approximate surface area is 212 Å². The first kappa shape index (κ1) is 25.1. The number of hydrogen-bond donors (Lipinski definition) is 0. The van der Waals surface area contributed by atoms with Gasteiger partial charge in [0.1, 0.15) is 23.9 Å². The summed E-state index contributed by atoms with van der Waals surface area (Å²) in [5, 5.41) is 0. The standard InChI is InChI=1S/C27H27F4N3O3/c1-32(2)14-15-36-22-8-5-18(16-20(22)27(29,30)31)25(35)33-12-9-26(10-13-33)24-4-3-11-34(24)21-7-6-19(28)17-23(21)37-26/h3-8,11,16-17H,9-10,12-15H2,1-2H3. The van der Waals surface area contributed by atoms with E-state index in [1.807, 2.05) is 22.9 Å². The third kappa shape index (κ3) is 4.77. The fourth-order valence-electron chi connectivity index (χ4n) is 4.95. The maximum absolute atomic E-state index is 13.9. The van der Waals surface area contributed by atoms with E-state index in [2.05, 4.69) is 0 Å².